The van der Waals surface area contributed by atoms with E-state index in [1.165, 1.54) is 13.0 Å². The summed E-state index contributed by atoms with van der Waals surface area (Å²) in [5.41, 5.74) is -1.08. The maximum atomic E-state index is 13.3. The Morgan fingerprint density at radius 3 is 2.39 bits per heavy atom. The average molecular weight is 391 g/mol. The Bertz CT molecular complexity index is 839. The van der Waals surface area contributed by atoms with Crippen LogP contribution in [0.15, 0.2) is 18.2 Å². The van der Waals surface area contributed by atoms with E-state index in [2.05, 4.69) is 5.32 Å². The first-order valence-electron chi connectivity index (χ1n) is 9.65. The number of hydrogen-bond donors (Lipinski definition) is 1. The fraction of sp³-hybridized carbons (Fsp3) is 0.571. The highest BCUT2D eigenvalue weighted by molar-refractivity contribution is 5.98. The molecule has 0 aliphatic heterocycles. The number of halogens is 2. The van der Waals surface area contributed by atoms with Crippen LogP contribution < -0.4 is 5.32 Å². The molecule has 5 nitrogen and oxygen atoms in total. The van der Waals surface area contributed by atoms with Crippen molar-refractivity contribution in [2.24, 2.45) is 17.3 Å². The molecule has 4 fully saturated rings. The van der Waals surface area contributed by atoms with Crippen molar-refractivity contribution >= 4 is 17.7 Å². The lowest BCUT2D eigenvalue weighted by molar-refractivity contribution is -0.174. The molecule has 4 aliphatic carbocycles. The Kier molecular flexibility index (Phi) is 4.51. The number of amides is 1. The van der Waals surface area contributed by atoms with E-state index in [1.54, 1.807) is 0 Å². The van der Waals surface area contributed by atoms with E-state index in [0.29, 0.717) is 31.1 Å². The second-order valence-corrected chi connectivity index (χ2v) is 8.83. The molecule has 0 radical (unpaired) electrons. The van der Waals surface area contributed by atoms with Gasteiger partial charge in [-0.2, -0.15) is 0 Å². The molecule has 4 aliphatic rings. The third kappa shape index (κ3) is 3.31. The van der Waals surface area contributed by atoms with Gasteiger partial charge >= 0.3 is 5.97 Å². The molecule has 5 rings (SSSR count). The summed E-state index contributed by atoms with van der Waals surface area (Å²) in [6, 6.07) is 2.85. The van der Waals surface area contributed by atoms with Crippen molar-refractivity contribution in [1.82, 2.24) is 5.32 Å². The first-order chi connectivity index (χ1) is 13.2. The van der Waals surface area contributed by atoms with Gasteiger partial charge in [-0.1, -0.05) is 0 Å². The highest BCUT2D eigenvalue weighted by Crippen LogP contribution is 2.62. The molecule has 0 aromatic heterocycles. The van der Waals surface area contributed by atoms with E-state index in [-0.39, 0.29) is 17.0 Å². The van der Waals surface area contributed by atoms with Crippen LogP contribution >= 0.6 is 0 Å². The zero-order chi connectivity index (χ0) is 20.1. The van der Waals surface area contributed by atoms with Crippen molar-refractivity contribution in [3.05, 3.63) is 35.4 Å². The van der Waals surface area contributed by atoms with Crippen LogP contribution in [0.2, 0.25) is 0 Å². The van der Waals surface area contributed by atoms with Gasteiger partial charge in [0.1, 0.15) is 0 Å². The largest absolute Gasteiger partial charge is 0.457 e. The lowest BCUT2D eigenvalue weighted by Crippen LogP contribution is -2.64. The summed E-state index contributed by atoms with van der Waals surface area (Å²) in [6.07, 6.45) is 4.78. The minimum atomic E-state index is -1.12. The molecule has 7 heteroatoms. The summed E-state index contributed by atoms with van der Waals surface area (Å²) >= 11 is 0. The van der Waals surface area contributed by atoms with Gasteiger partial charge in [-0.25, -0.2) is 8.78 Å². The summed E-state index contributed by atoms with van der Waals surface area (Å²) in [5.74, 6) is -2.52. The normalized spacial score (nSPS) is 32.8. The zero-order valence-corrected chi connectivity index (χ0v) is 15.7. The molecule has 0 saturated heterocycles. The summed E-state index contributed by atoms with van der Waals surface area (Å²) in [4.78, 5) is 36.9. The molecule has 0 spiro atoms. The van der Waals surface area contributed by atoms with Crippen molar-refractivity contribution in [2.45, 2.75) is 51.0 Å². The fourth-order valence-corrected chi connectivity index (χ4v) is 6.06. The van der Waals surface area contributed by atoms with Crippen molar-refractivity contribution < 1.29 is 27.9 Å². The first kappa shape index (κ1) is 19.0. The van der Waals surface area contributed by atoms with Crippen LogP contribution in [0.3, 0.4) is 0 Å². The lowest BCUT2D eigenvalue weighted by Gasteiger charge is -2.60. The van der Waals surface area contributed by atoms with E-state index in [0.717, 1.165) is 31.4 Å². The maximum Gasteiger partial charge on any atom is 0.312 e. The average Bonchev–Trinajstić information content (AvgIpc) is 2.59. The van der Waals surface area contributed by atoms with Gasteiger partial charge in [0.25, 0.3) is 0 Å². The van der Waals surface area contributed by atoms with Crippen LogP contribution in [-0.2, 0) is 14.3 Å². The number of carbonyl (C=O) groups excluding carboxylic acids is 3. The summed E-state index contributed by atoms with van der Waals surface area (Å²) in [6.45, 7) is 0.984. The van der Waals surface area contributed by atoms with Gasteiger partial charge in [-0.05, 0) is 68.6 Å². The molecule has 2 atom stereocenters. The predicted octanol–water partition coefficient (Wildman–Crippen LogP) is 3.17. The molecule has 28 heavy (non-hydrogen) atoms. The summed E-state index contributed by atoms with van der Waals surface area (Å²) in [7, 11) is 0. The Morgan fingerprint density at radius 1 is 1.11 bits per heavy atom. The van der Waals surface area contributed by atoms with Crippen LogP contribution in [-0.4, -0.2) is 29.8 Å². The minimum absolute atomic E-state index is 0.0353. The molecular weight excluding hydrogens is 368 g/mol. The quantitative estimate of drug-likeness (QED) is 0.618. The standard InChI is InChI=1S/C21H23F2NO4/c1-12(25)24-21-8-13-4-14(9-21)7-20(6-13,11-21)19(27)28-10-18(26)15-2-3-16(22)17(23)5-15/h2-3,5,13-14H,4,6-11H2,1H3,(H,24,25)/t13-,14-,20?,21?/m0/s1. The number of rotatable bonds is 5. The predicted molar refractivity (Wildman–Crippen MR) is 95.3 cm³/mol. The van der Waals surface area contributed by atoms with Crippen LogP contribution in [0, 0.1) is 28.9 Å². The van der Waals surface area contributed by atoms with E-state index in [1.807, 2.05) is 0 Å². The molecule has 1 aromatic carbocycles. The molecule has 4 bridgehead atoms. The maximum absolute atomic E-state index is 13.3. The van der Waals surface area contributed by atoms with Crippen molar-refractivity contribution in [2.75, 3.05) is 6.61 Å². The molecule has 0 unspecified atom stereocenters. The van der Waals surface area contributed by atoms with Crippen LogP contribution in [0.25, 0.3) is 0 Å². The number of hydrogen-bond acceptors (Lipinski definition) is 4. The Balaban J connectivity index is 1.46. The van der Waals surface area contributed by atoms with Crippen molar-refractivity contribution in [3.63, 3.8) is 0 Å². The number of carbonyl (C=O) groups is 3. The Labute approximate surface area is 161 Å². The van der Waals surface area contributed by atoms with Gasteiger partial charge in [-0.3, -0.25) is 14.4 Å². The van der Waals surface area contributed by atoms with Gasteiger partial charge in [0, 0.05) is 18.0 Å². The molecule has 150 valence electrons. The van der Waals surface area contributed by atoms with Crippen LogP contribution in [0.5, 0.6) is 0 Å². The SMILES string of the molecule is CC(=O)NC12C[C@H]3C[C@H](C1)CC(C(=O)OCC(=O)c1ccc(F)c(F)c1)(C3)C2. The first-order valence-corrected chi connectivity index (χ1v) is 9.65. The number of ketones is 1. The molecular formula is C21H23F2NO4. The third-order valence-electron chi connectivity index (χ3n) is 6.51. The monoisotopic (exact) mass is 391 g/mol. The number of ether oxygens (including phenoxy) is 1. The number of Topliss-reactive ketones (excluding diaryl/α,β-unsaturated/α-hetero) is 1. The number of nitrogens with one attached hydrogen (secondary N) is 1. The topological polar surface area (TPSA) is 72.5 Å². The minimum Gasteiger partial charge on any atom is -0.457 e. The molecule has 1 amide bonds. The van der Waals surface area contributed by atoms with Gasteiger partial charge < -0.3 is 10.1 Å². The summed E-state index contributed by atoms with van der Waals surface area (Å²) in [5, 5.41) is 3.08. The molecule has 1 N–H and O–H groups in total. The van der Waals surface area contributed by atoms with Gasteiger partial charge in [0.05, 0.1) is 5.41 Å². The van der Waals surface area contributed by atoms with E-state index in [4.69, 9.17) is 4.74 Å². The third-order valence-corrected chi connectivity index (χ3v) is 6.51. The van der Waals surface area contributed by atoms with Gasteiger partial charge in [0.2, 0.25) is 5.91 Å². The molecule has 1 aromatic rings. The number of esters is 1. The Hall–Kier alpha value is -2.31. The van der Waals surface area contributed by atoms with Gasteiger partial charge in [-0.15, -0.1) is 0 Å². The molecule has 0 heterocycles. The van der Waals surface area contributed by atoms with E-state index in [9.17, 15) is 23.2 Å². The smallest absolute Gasteiger partial charge is 0.312 e. The summed E-state index contributed by atoms with van der Waals surface area (Å²) < 4.78 is 31.7. The van der Waals surface area contributed by atoms with Crippen LogP contribution in [0.1, 0.15) is 55.8 Å². The fourth-order valence-electron chi connectivity index (χ4n) is 6.06. The zero-order valence-electron chi connectivity index (χ0n) is 15.7. The lowest BCUT2D eigenvalue weighted by atomic mass is 9.47. The van der Waals surface area contributed by atoms with Crippen molar-refractivity contribution in [3.8, 4) is 0 Å². The second kappa shape index (κ2) is 6.64. The Morgan fingerprint density at radius 2 is 1.79 bits per heavy atom. The highest BCUT2D eigenvalue weighted by Gasteiger charge is 2.61. The van der Waals surface area contributed by atoms with Crippen LogP contribution in [0.4, 0.5) is 8.78 Å². The van der Waals surface area contributed by atoms with E-state index < -0.39 is 35.4 Å². The van der Waals surface area contributed by atoms with Gasteiger partial charge in [0.15, 0.2) is 24.0 Å². The highest BCUT2D eigenvalue weighted by atomic mass is 19.2. The van der Waals surface area contributed by atoms with Crippen molar-refractivity contribution in [1.29, 1.82) is 0 Å². The molecule has 4 saturated carbocycles. The second-order valence-electron chi connectivity index (χ2n) is 8.83. The van der Waals surface area contributed by atoms with E-state index >= 15 is 0 Å². The number of benzene rings is 1.